The monoisotopic (exact) mass is 404 g/mol. The van der Waals surface area contributed by atoms with Crippen LogP contribution in [0.5, 0.6) is 0 Å². The lowest BCUT2D eigenvalue weighted by atomic mass is 9.95. The second-order valence-electron chi connectivity index (χ2n) is 7.33. The fourth-order valence-corrected chi connectivity index (χ4v) is 3.38. The van der Waals surface area contributed by atoms with Crippen molar-refractivity contribution in [3.05, 3.63) is 100 Å². The molecule has 2 aliphatic heterocycles. The summed E-state index contributed by atoms with van der Waals surface area (Å²) in [4.78, 5) is 2.08. The third-order valence-corrected chi connectivity index (χ3v) is 4.96. The van der Waals surface area contributed by atoms with Gasteiger partial charge in [-0.25, -0.2) is 0 Å². The molecular weight excluding hydrogens is 384 g/mol. The number of hydrogen-bond acceptors (Lipinski definition) is 5. The summed E-state index contributed by atoms with van der Waals surface area (Å²) >= 11 is 0. The van der Waals surface area contributed by atoms with Crippen molar-refractivity contribution in [1.82, 2.24) is 0 Å². The van der Waals surface area contributed by atoms with Crippen LogP contribution in [0.2, 0.25) is 0 Å². The molecular formula is C26H20N4O. The molecule has 0 saturated heterocycles. The first kappa shape index (κ1) is 21.2. The molecule has 5 heteroatoms. The van der Waals surface area contributed by atoms with Crippen LogP contribution in [-0.2, 0) is 4.74 Å². The fraction of sp³-hybridized carbons (Fsp3) is 0.154. The van der Waals surface area contributed by atoms with Gasteiger partial charge >= 0.3 is 0 Å². The summed E-state index contributed by atoms with van der Waals surface area (Å²) in [6.45, 7) is 3.58. The molecule has 0 aromatic heterocycles. The molecule has 0 spiro atoms. The SMILES string of the molecule is CN1C(=C=CC=CC=CC2=C(C#N)C(=C(C#N)C#N)OC2(C)C)C=Cc2ccccc21. The van der Waals surface area contributed by atoms with Gasteiger partial charge in [-0.2, -0.15) is 15.8 Å². The zero-order valence-corrected chi connectivity index (χ0v) is 17.5. The minimum absolute atomic E-state index is 0.0400. The molecule has 1 aromatic carbocycles. The predicted molar refractivity (Wildman–Crippen MR) is 120 cm³/mol. The minimum atomic E-state index is -0.815. The van der Waals surface area contributed by atoms with Crippen LogP contribution in [0, 0.1) is 34.0 Å². The van der Waals surface area contributed by atoms with Gasteiger partial charge < -0.3 is 9.64 Å². The highest BCUT2D eigenvalue weighted by molar-refractivity contribution is 5.75. The predicted octanol–water partition coefficient (Wildman–Crippen LogP) is 5.23. The van der Waals surface area contributed by atoms with E-state index in [1.807, 2.05) is 43.5 Å². The number of allylic oxidation sites excluding steroid dienone is 6. The quantitative estimate of drug-likeness (QED) is 0.391. The van der Waals surface area contributed by atoms with Crippen molar-refractivity contribution in [2.45, 2.75) is 19.4 Å². The van der Waals surface area contributed by atoms with Crippen molar-refractivity contribution in [2.75, 3.05) is 11.9 Å². The Hall–Kier alpha value is -4.49. The van der Waals surface area contributed by atoms with Gasteiger partial charge in [0, 0.05) is 18.3 Å². The van der Waals surface area contributed by atoms with Crippen molar-refractivity contribution in [3.63, 3.8) is 0 Å². The number of para-hydroxylation sites is 1. The van der Waals surface area contributed by atoms with Crippen LogP contribution < -0.4 is 4.90 Å². The summed E-state index contributed by atoms with van der Waals surface area (Å²) in [5, 5.41) is 27.8. The van der Waals surface area contributed by atoms with Gasteiger partial charge in [-0.15, -0.1) is 0 Å². The molecule has 0 fully saturated rings. The molecule has 0 N–H and O–H groups in total. The van der Waals surface area contributed by atoms with Gasteiger partial charge in [0.05, 0.1) is 5.70 Å². The molecule has 31 heavy (non-hydrogen) atoms. The summed E-state index contributed by atoms with van der Waals surface area (Å²) in [7, 11) is 2.00. The van der Waals surface area contributed by atoms with Gasteiger partial charge in [-0.3, -0.25) is 0 Å². The normalized spacial score (nSPS) is 16.5. The number of likely N-dealkylation sites (N-methyl/N-ethyl adjacent to an activating group) is 1. The number of ether oxygens (including phenoxy) is 1. The number of anilines is 1. The lowest BCUT2D eigenvalue weighted by molar-refractivity contribution is 0.0954. The highest BCUT2D eigenvalue weighted by Gasteiger charge is 2.38. The first-order valence-electron chi connectivity index (χ1n) is 9.62. The molecule has 0 atom stereocenters. The zero-order chi connectivity index (χ0) is 22.4. The van der Waals surface area contributed by atoms with Crippen molar-refractivity contribution in [3.8, 4) is 18.2 Å². The molecule has 0 saturated carbocycles. The molecule has 3 rings (SSSR count). The van der Waals surface area contributed by atoms with Crippen molar-refractivity contribution >= 4 is 11.8 Å². The van der Waals surface area contributed by atoms with Crippen LogP contribution in [0.1, 0.15) is 19.4 Å². The van der Waals surface area contributed by atoms with E-state index in [0.29, 0.717) is 5.57 Å². The summed E-state index contributed by atoms with van der Waals surface area (Å²) in [6, 6.07) is 13.8. The summed E-state index contributed by atoms with van der Waals surface area (Å²) in [6.07, 6.45) is 13.1. The Morgan fingerprint density at radius 2 is 1.77 bits per heavy atom. The lowest BCUT2D eigenvalue weighted by Gasteiger charge is -2.24. The van der Waals surface area contributed by atoms with Crippen LogP contribution in [-0.4, -0.2) is 12.6 Å². The maximum atomic E-state index is 9.54. The van der Waals surface area contributed by atoms with E-state index in [2.05, 4.69) is 34.9 Å². The number of fused-ring (bicyclic) bond motifs is 1. The second-order valence-corrected chi connectivity index (χ2v) is 7.33. The summed E-state index contributed by atoms with van der Waals surface area (Å²) in [5.41, 5.74) is 6.30. The smallest absolute Gasteiger partial charge is 0.172 e. The first-order chi connectivity index (χ1) is 14.9. The number of nitriles is 3. The minimum Gasteiger partial charge on any atom is -0.480 e. The standard InChI is InChI=1S/C26H20N4O/c1-26(2)23(22(18-29)25(31-26)20(16-27)17-28)12-7-5-4-6-11-21-15-14-19-10-8-9-13-24(19)30(21)3/h4-10,12-15H,1-3H3. The van der Waals surface area contributed by atoms with E-state index >= 15 is 0 Å². The van der Waals surface area contributed by atoms with E-state index in [0.717, 1.165) is 11.4 Å². The highest BCUT2D eigenvalue weighted by Crippen LogP contribution is 2.40. The van der Waals surface area contributed by atoms with E-state index < -0.39 is 5.60 Å². The Bertz CT molecular complexity index is 1240. The average molecular weight is 404 g/mol. The molecule has 0 bridgehead atoms. The second kappa shape index (κ2) is 8.89. The van der Waals surface area contributed by atoms with Crippen LogP contribution in [0.4, 0.5) is 5.69 Å². The molecule has 0 unspecified atom stereocenters. The number of rotatable bonds is 3. The molecule has 0 aliphatic carbocycles. The van der Waals surface area contributed by atoms with Crippen molar-refractivity contribution in [1.29, 1.82) is 15.8 Å². The molecule has 0 amide bonds. The number of benzene rings is 1. The van der Waals surface area contributed by atoms with E-state index in [4.69, 9.17) is 15.3 Å². The molecule has 150 valence electrons. The van der Waals surface area contributed by atoms with Crippen LogP contribution >= 0.6 is 0 Å². The van der Waals surface area contributed by atoms with E-state index in [1.165, 1.54) is 5.56 Å². The molecule has 2 aliphatic rings. The van der Waals surface area contributed by atoms with E-state index in [-0.39, 0.29) is 16.9 Å². The van der Waals surface area contributed by atoms with Crippen molar-refractivity contribution < 1.29 is 4.74 Å². The van der Waals surface area contributed by atoms with Gasteiger partial charge in [0.25, 0.3) is 0 Å². The van der Waals surface area contributed by atoms with E-state index in [1.54, 1.807) is 38.1 Å². The Kier molecular flexibility index (Phi) is 6.09. The van der Waals surface area contributed by atoms with Gasteiger partial charge in [-0.1, -0.05) is 54.3 Å². The highest BCUT2D eigenvalue weighted by atomic mass is 16.5. The topological polar surface area (TPSA) is 83.8 Å². The zero-order valence-electron chi connectivity index (χ0n) is 17.5. The Labute approximate surface area is 182 Å². The summed E-state index contributed by atoms with van der Waals surface area (Å²) < 4.78 is 5.73. The fourth-order valence-electron chi connectivity index (χ4n) is 3.38. The Morgan fingerprint density at radius 1 is 1.03 bits per heavy atom. The summed E-state index contributed by atoms with van der Waals surface area (Å²) in [5.74, 6) is 0.0400. The van der Waals surface area contributed by atoms with Crippen molar-refractivity contribution in [2.24, 2.45) is 0 Å². The van der Waals surface area contributed by atoms with Gasteiger partial charge in [0.15, 0.2) is 11.3 Å². The third kappa shape index (κ3) is 4.26. The maximum Gasteiger partial charge on any atom is 0.172 e. The average Bonchev–Trinajstić information content (AvgIpc) is 3.02. The largest absolute Gasteiger partial charge is 0.480 e. The van der Waals surface area contributed by atoms with E-state index in [9.17, 15) is 5.26 Å². The van der Waals surface area contributed by atoms with Gasteiger partial charge in [0.2, 0.25) is 0 Å². The molecule has 5 nitrogen and oxygen atoms in total. The number of nitrogens with zero attached hydrogens (tertiary/aromatic N) is 4. The third-order valence-electron chi connectivity index (χ3n) is 4.96. The van der Waals surface area contributed by atoms with Crippen LogP contribution in [0.15, 0.2) is 94.6 Å². The Morgan fingerprint density at radius 3 is 2.48 bits per heavy atom. The first-order valence-corrected chi connectivity index (χ1v) is 9.62. The van der Waals surface area contributed by atoms with Crippen LogP contribution in [0.3, 0.4) is 0 Å². The maximum absolute atomic E-state index is 9.54. The lowest BCUT2D eigenvalue weighted by Crippen LogP contribution is -2.20. The number of hydrogen-bond donors (Lipinski definition) is 0. The Balaban J connectivity index is 1.82. The van der Waals surface area contributed by atoms with Gasteiger partial charge in [-0.05, 0) is 37.6 Å². The van der Waals surface area contributed by atoms with Gasteiger partial charge in [0.1, 0.15) is 29.4 Å². The molecule has 0 radical (unpaired) electrons. The molecule has 2 heterocycles. The molecule has 1 aromatic rings. The van der Waals surface area contributed by atoms with Crippen LogP contribution in [0.25, 0.3) is 6.08 Å².